The fraction of sp³-hybridized carbons (Fsp3) is 0.333. The standard InChI is InChI=1S/C3H6O2/c1-2-3-5-4/h2-4H,1H3. The fourth-order valence-corrected chi connectivity index (χ4v) is 0.0609. The van der Waals surface area contributed by atoms with Crippen molar-refractivity contribution in [3.63, 3.8) is 0 Å². The van der Waals surface area contributed by atoms with Crippen molar-refractivity contribution in [2.75, 3.05) is 0 Å². The average molecular weight is 74.1 g/mol. The molecule has 0 radical (unpaired) electrons. The van der Waals surface area contributed by atoms with Gasteiger partial charge in [-0.25, -0.2) is 5.26 Å². The maximum atomic E-state index is 7.48. The van der Waals surface area contributed by atoms with Crippen molar-refractivity contribution in [2.45, 2.75) is 6.92 Å². The summed E-state index contributed by atoms with van der Waals surface area (Å²) >= 11 is 0. The van der Waals surface area contributed by atoms with E-state index in [2.05, 4.69) is 4.89 Å². The van der Waals surface area contributed by atoms with Gasteiger partial charge in [0.1, 0.15) is 6.26 Å². The average Bonchev–Trinajstić information content (AvgIpc) is 1.41. The van der Waals surface area contributed by atoms with Gasteiger partial charge in [-0.3, -0.25) is 0 Å². The largest absolute Gasteiger partial charge is 0.349 e. The minimum Gasteiger partial charge on any atom is -0.349 e. The summed E-state index contributed by atoms with van der Waals surface area (Å²) in [4.78, 5) is 3.51. The third-order valence-corrected chi connectivity index (χ3v) is 0.197. The SMILES string of the molecule is CC=COO. The highest BCUT2D eigenvalue weighted by atomic mass is 17.1. The van der Waals surface area contributed by atoms with E-state index in [-0.39, 0.29) is 0 Å². The zero-order valence-electron chi connectivity index (χ0n) is 3.01. The van der Waals surface area contributed by atoms with Crippen LogP contribution in [0.3, 0.4) is 0 Å². The third-order valence-electron chi connectivity index (χ3n) is 0.197. The number of hydrogen-bond acceptors (Lipinski definition) is 2. The zero-order valence-corrected chi connectivity index (χ0v) is 3.01. The number of allylic oxidation sites excluding steroid dienone is 1. The van der Waals surface area contributed by atoms with E-state index in [1.807, 2.05) is 0 Å². The quantitative estimate of drug-likeness (QED) is 0.286. The summed E-state index contributed by atoms with van der Waals surface area (Å²) in [5.74, 6) is 0. The zero-order chi connectivity index (χ0) is 4.12. The molecule has 0 rings (SSSR count). The molecule has 0 unspecified atom stereocenters. The van der Waals surface area contributed by atoms with Crippen molar-refractivity contribution in [2.24, 2.45) is 0 Å². The summed E-state index contributed by atoms with van der Waals surface area (Å²) < 4.78 is 0. The predicted molar refractivity (Wildman–Crippen MR) is 18.5 cm³/mol. The Morgan fingerprint density at radius 1 is 1.80 bits per heavy atom. The molecule has 30 valence electrons. The van der Waals surface area contributed by atoms with Crippen LogP contribution in [0.4, 0.5) is 0 Å². The second kappa shape index (κ2) is 3.50. The molecular weight excluding hydrogens is 68.0 g/mol. The van der Waals surface area contributed by atoms with Crippen LogP contribution in [0.15, 0.2) is 12.3 Å². The molecule has 0 aromatic heterocycles. The summed E-state index contributed by atoms with van der Waals surface area (Å²) in [5.41, 5.74) is 0. The van der Waals surface area contributed by atoms with E-state index in [9.17, 15) is 0 Å². The maximum absolute atomic E-state index is 7.48. The molecule has 0 atom stereocenters. The van der Waals surface area contributed by atoms with Crippen LogP contribution in [-0.4, -0.2) is 5.26 Å². The van der Waals surface area contributed by atoms with Gasteiger partial charge in [0.15, 0.2) is 0 Å². The molecule has 0 saturated heterocycles. The summed E-state index contributed by atoms with van der Waals surface area (Å²) in [7, 11) is 0. The molecule has 0 spiro atoms. The van der Waals surface area contributed by atoms with E-state index in [0.29, 0.717) is 0 Å². The molecule has 5 heavy (non-hydrogen) atoms. The van der Waals surface area contributed by atoms with Crippen LogP contribution < -0.4 is 0 Å². The minimum atomic E-state index is 1.18. The highest BCUT2D eigenvalue weighted by molar-refractivity contribution is 4.62. The molecule has 2 heteroatoms. The summed E-state index contributed by atoms with van der Waals surface area (Å²) in [5, 5.41) is 7.48. The molecule has 0 heterocycles. The minimum absolute atomic E-state index is 1.18. The first-order chi connectivity index (χ1) is 2.41. The molecule has 0 aromatic rings. The van der Waals surface area contributed by atoms with Gasteiger partial charge >= 0.3 is 0 Å². The van der Waals surface area contributed by atoms with Crippen LogP contribution in [0.5, 0.6) is 0 Å². The number of rotatable bonds is 1. The molecule has 0 aromatic carbocycles. The van der Waals surface area contributed by atoms with E-state index in [1.165, 1.54) is 6.26 Å². The van der Waals surface area contributed by atoms with Gasteiger partial charge in [0.25, 0.3) is 0 Å². The smallest absolute Gasteiger partial charge is 0.125 e. The van der Waals surface area contributed by atoms with Gasteiger partial charge in [0.2, 0.25) is 0 Å². The van der Waals surface area contributed by atoms with Crippen LogP contribution >= 0.6 is 0 Å². The molecule has 0 fully saturated rings. The van der Waals surface area contributed by atoms with Gasteiger partial charge in [-0.15, -0.1) is 0 Å². The van der Waals surface area contributed by atoms with Crippen LogP contribution in [0.2, 0.25) is 0 Å². The normalized spacial score (nSPS) is 9.20. The van der Waals surface area contributed by atoms with E-state index < -0.39 is 0 Å². The number of hydrogen-bond donors (Lipinski definition) is 1. The summed E-state index contributed by atoms with van der Waals surface area (Å²) in [6.45, 7) is 1.75. The molecule has 1 N–H and O–H groups in total. The van der Waals surface area contributed by atoms with Crippen molar-refractivity contribution in [3.05, 3.63) is 12.3 Å². The van der Waals surface area contributed by atoms with Crippen molar-refractivity contribution < 1.29 is 10.1 Å². The Morgan fingerprint density at radius 2 is 2.40 bits per heavy atom. The molecule has 2 nitrogen and oxygen atoms in total. The van der Waals surface area contributed by atoms with Crippen molar-refractivity contribution >= 4 is 0 Å². The van der Waals surface area contributed by atoms with Gasteiger partial charge < -0.3 is 4.89 Å². The lowest BCUT2D eigenvalue weighted by Crippen LogP contribution is -1.59. The Labute approximate surface area is 30.6 Å². The Hall–Kier alpha value is -0.500. The molecule has 0 aliphatic rings. The Bertz CT molecular complexity index is 31.9. The summed E-state index contributed by atoms with van der Waals surface area (Å²) in [6.07, 6.45) is 2.76. The molecule has 0 amide bonds. The molecule has 0 aliphatic heterocycles. The third kappa shape index (κ3) is 3.50. The van der Waals surface area contributed by atoms with E-state index in [4.69, 9.17) is 5.26 Å². The van der Waals surface area contributed by atoms with Crippen LogP contribution in [0.1, 0.15) is 6.92 Å². The van der Waals surface area contributed by atoms with Crippen LogP contribution in [0.25, 0.3) is 0 Å². The Balaban J connectivity index is 2.62. The lowest BCUT2D eigenvalue weighted by molar-refractivity contribution is -0.186. The molecule has 0 saturated carbocycles. The highest BCUT2D eigenvalue weighted by Gasteiger charge is 1.49. The predicted octanol–water partition coefficient (Wildman–Crippen LogP) is 1.01. The fourth-order valence-electron chi connectivity index (χ4n) is 0.0609. The topological polar surface area (TPSA) is 29.5 Å². The van der Waals surface area contributed by atoms with Crippen molar-refractivity contribution in [3.8, 4) is 0 Å². The monoisotopic (exact) mass is 74.0 g/mol. The van der Waals surface area contributed by atoms with Gasteiger partial charge in [0, 0.05) is 0 Å². The second-order valence-electron chi connectivity index (χ2n) is 0.575. The van der Waals surface area contributed by atoms with Gasteiger partial charge in [0.05, 0.1) is 0 Å². The lowest BCUT2D eigenvalue weighted by Gasteiger charge is -1.73. The van der Waals surface area contributed by atoms with E-state index >= 15 is 0 Å². The van der Waals surface area contributed by atoms with Crippen LogP contribution in [-0.2, 0) is 4.89 Å². The molecule has 0 bridgehead atoms. The highest BCUT2D eigenvalue weighted by Crippen LogP contribution is 1.63. The first-order valence-electron chi connectivity index (χ1n) is 1.33. The second-order valence-corrected chi connectivity index (χ2v) is 0.575. The van der Waals surface area contributed by atoms with Gasteiger partial charge in [-0.2, -0.15) is 0 Å². The van der Waals surface area contributed by atoms with Gasteiger partial charge in [-0.05, 0) is 13.0 Å². The molecular formula is C3H6O2. The lowest BCUT2D eigenvalue weighted by atomic mass is 10.7. The van der Waals surface area contributed by atoms with E-state index in [1.54, 1.807) is 13.0 Å². The van der Waals surface area contributed by atoms with Crippen molar-refractivity contribution in [1.82, 2.24) is 0 Å². The van der Waals surface area contributed by atoms with Crippen LogP contribution in [0, 0.1) is 0 Å². The Kier molecular flexibility index (Phi) is 3.15. The Morgan fingerprint density at radius 3 is 2.40 bits per heavy atom. The summed E-state index contributed by atoms with van der Waals surface area (Å²) in [6, 6.07) is 0. The first kappa shape index (κ1) is 4.50. The van der Waals surface area contributed by atoms with Gasteiger partial charge in [-0.1, -0.05) is 0 Å². The molecule has 0 aliphatic carbocycles. The van der Waals surface area contributed by atoms with Crippen molar-refractivity contribution in [1.29, 1.82) is 0 Å². The maximum Gasteiger partial charge on any atom is 0.125 e. The first-order valence-corrected chi connectivity index (χ1v) is 1.33. The van der Waals surface area contributed by atoms with E-state index in [0.717, 1.165) is 0 Å².